The number of aliphatic hydroxyl groups excluding tert-OH is 1. The number of anilines is 1. The van der Waals surface area contributed by atoms with Crippen molar-refractivity contribution < 1.29 is 32.6 Å². The number of amides is 1. The number of aliphatic hydroxyl groups is 1. The monoisotopic (exact) mass is 384 g/mol. The van der Waals surface area contributed by atoms with Gasteiger partial charge in [0, 0.05) is 11.3 Å². The van der Waals surface area contributed by atoms with Crippen LogP contribution in [0.2, 0.25) is 0 Å². The first kappa shape index (κ1) is 20.5. The fourth-order valence-corrected chi connectivity index (χ4v) is 2.73. The van der Waals surface area contributed by atoms with Crippen molar-refractivity contribution in [3.63, 3.8) is 0 Å². The highest BCUT2D eigenvalue weighted by Crippen LogP contribution is 2.25. The zero-order valence-electron chi connectivity index (χ0n) is 15.1. The molecule has 3 N–H and O–H groups in total. The Balaban J connectivity index is 2.12. The van der Waals surface area contributed by atoms with Gasteiger partial charge in [0.15, 0.2) is 23.6 Å². The minimum atomic E-state index is -1.72. The van der Waals surface area contributed by atoms with Crippen molar-refractivity contribution in [2.75, 3.05) is 5.32 Å². The summed E-state index contributed by atoms with van der Waals surface area (Å²) in [6.45, 7) is 6.08. The van der Waals surface area contributed by atoms with E-state index in [9.17, 15) is 27.9 Å². The first-order chi connectivity index (χ1) is 12.5. The van der Waals surface area contributed by atoms with Crippen LogP contribution >= 0.6 is 0 Å². The second kappa shape index (κ2) is 7.83. The molecule has 2 atom stereocenters. The van der Waals surface area contributed by atoms with Gasteiger partial charge < -0.3 is 20.1 Å². The molecule has 1 aromatic heterocycles. The number of nitrogens with one attached hydrogen (secondary N) is 2. The van der Waals surface area contributed by atoms with Crippen LogP contribution in [0.15, 0.2) is 12.1 Å². The summed E-state index contributed by atoms with van der Waals surface area (Å²) in [7, 11) is 0. The maximum Gasteiger partial charge on any atom is 0.355 e. The Bertz CT molecular complexity index is 893. The van der Waals surface area contributed by atoms with Crippen LogP contribution in [-0.2, 0) is 9.53 Å². The summed E-state index contributed by atoms with van der Waals surface area (Å²) >= 11 is 0. The number of carbonyl (C=O) groups excluding carboxylic acids is 2. The summed E-state index contributed by atoms with van der Waals surface area (Å²) in [6, 6.07) is 1.51. The van der Waals surface area contributed by atoms with E-state index in [0.29, 0.717) is 22.9 Å². The van der Waals surface area contributed by atoms with Crippen LogP contribution in [0.3, 0.4) is 0 Å². The Labute approximate surface area is 153 Å². The smallest absolute Gasteiger partial charge is 0.355 e. The van der Waals surface area contributed by atoms with E-state index in [1.54, 1.807) is 20.8 Å². The Morgan fingerprint density at radius 3 is 2.33 bits per heavy atom. The molecule has 0 bridgehead atoms. The number of aryl methyl sites for hydroxylation is 1. The second-order valence-corrected chi connectivity index (χ2v) is 6.10. The van der Waals surface area contributed by atoms with E-state index >= 15 is 0 Å². The molecule has 0 radical (unpaired) electrons. The number of hydrogen-bond donors (Lipinski definition) is 3. The van der Waals surface area contributed by atoms with Crippen LogP contribution in [0, 0.1) is 31.3 Å². The molecule has 0 aliphatic carbocycles. The molecular formula is C18H19F3N2O4. The molecule has 6 nitrogen and oxygen atoms in total. The lowest BCUT2D eigenvalue weighted by Crippen LogP contribution is -2.30. The zero-order valence-corrected chi connectivity index (χ0v) is 15.1. The van der Waals surface area contributed by atoms with Gasteiger partial charge in [-0.25, -0.2) is 18.0 Å². The number of esters is 1. The number of hydrogen-bond acceptors (Lipinski definition) is 4. The van der Waals surface area contributed by atoms with Crippen LogP contribution in [0.25, 0.3) is 0 Å². The zero-order chi connectivity index (χ0) is 20.5. The molecule has 2 aromatic rings. The number of ether oxygens (including phenoxy) is 1. The topological polar surface area (TPSA) is 91.4 Å². The van der Waals surface area contributed by atoms with Crippen molar-refractivity contribution in [2.24, 2.45) is 0 Å². The fourth-order valence-electron chi connectivity index (χ4n) is 2.73. The van der Waals surface area contributed by atoms with Gasteiger partial charge in [-0.3, -0.25) is 4.79 Å². The highest BCUT2D eigenvalue weighted by Gasteiger charge is 2.25. The number of rotatable bonds is 5. The number of aromatic amines is 1. The normalized spacial score (nSPS) is 13.2. The number of aromatic nitrogens is 1. The summed E-state index contributed by atoms with van der Waals surface area (Å²) in [5, 5.41) is 11.8. The molecule has 9 heteroatoms. The average molecular weight is 384 g/mol. The molecule has 0 aliphatic heterocycles. The van der Waals surface area contributed by atoms with Gasteiger partial charge in [0.2, 0.25) is 0 Å². The number of halogens is 3. The molecule has 0 aliphatic rings. The summed E-state index contributed by atoms with van der Waals surface area (Å²) < 4.78 is 44.8. The lowest BCUT2D eigenvalue weighted by Gasteiger charge is -2.14. The van der Waals surface area contributed by atoms with Gasteiger partial charge in [-0.2, -0.15) is 0 Å². The van der Waals surface area contributed by atoms with Crippen LogP contribution in [-0.4, -0.2) is 28.1 Å². The van der Waals surface area contributed by atoms with E-state index < -0.39 is 47.2 Å². The van der Waals surface area contributed by atoms with Crippen molar-refractivity contribution in [2.45, 2.75) is 39.9 Å². The third-order valence-corrected chi connectivity index (χ3v) is 4.06. The molecule has 0 fully saturated rings. The molecule has 0 saturated heterocycles. The summed E-state index contributed by atoms with van der Waals surface area (Å²) in [5.74, 6) is -6.45. The Morgan fingerprint density at radius 1 is 1.15 bits per heavy atom. The molecule has 0 spiro atoms. The lowest BCUT2D eigenvalue weighted by atomic mass is 10.1. The van der Waals surface area contributed by atoms with Gasteiger partial charge in [-0.05, 0) is 45.4 Å². The van der Waals surface area contributed by atoms with Crippen molar-refractivity contribution in [3.8, 4) is 0 Å². The molecule has 1 heterocycles. The number of H-pyrrole nitrogens is 1. The molecule has 0 saturated carbocycles. The van der Waals surface area contributed by atoms with Crippen molar-refractivity contribution in [1.82, 2.24) is 4.98 Å². The Hall–Kier alpha value is -2.81. The SMILES string of the molecule is Cc1[nH]c(C(=O)O[C@H](C)C(=O)Nc2ccc(F)c(F)c2F)c(C)c1[C@@H](C)O. The van der Waals surface area contributed by atoms with Gasteiger partial charge in [0.25, 0.3) is 5.91 Å². The van der Waals surface area contributed by atoms with Gasteiger partial charge in [-0.1, -0.05) is 0 Å². The van der Waals surface area contributed by atoms with Crippen LogP contribution in [0.4, 0.5) is 18.9 Å². The average Bonchev–Trinajstić information content (AvgIpc) is 2.89. The highest BCUT2D eigenvalue weighted by molar-refractivity contribution is 5.97. The summed E-state index contributed by atoms with van der Waals surface area (Å²) in [6.07, 6.45) is -2.15. The predicted molar refractivity (Wildman–Crippen MR) is 90.7 cm³/mol. The minimum absolute atomic E-state index is 0.0713. The van der Waals surface area contributed by atoms with E-state index in [0.717, 1.165) is 6.07 Å². The third-order valence-electron chi connectivity index (χ3n) is 4.06. The van der Waals surface area contributed by atoms with Crippen LogP contribution < -0.4 is 5.32 Å². The number of carbonyl (C=O) groups is 2. The predicted octanol–water partition coefficient (Wildman–Crippen LogP) is 3.29. The molecular weight excluding hydrogens is 365 g/mol. The van der Waals surface area contributed by atoms with Crippen molar-refractivity contribution in [3.05, 3.63) is 52.1 Å². The van der Waals surface area contributed by atoms with E-state index in [1.165, 1.54) is 6.92 Å². The van der Waals surface area contributed by atoms with Crippen LogP contribution in [0.5, 0.6) is 0 Å². The molecule has 146 valence electrons. The van der Waals surface area contributed by atoms with Gasteiger partial charge in [0.05, 0.1) is 11.8 Å². The molecule has 27 heavy (non-hydrogen) atoms. The number of benzene rings is 1. The maximum absolute atomic E-state index is 13.6. The Kier molecular flexibility index (Phi) is 5.94. The third kappa shape index (κ3) is 4.13. The fraction of sp³-hybridized carbons (Fsp3) is 0.333. The first-order valence-electron chi connectivity index (χ1n) is 8.07. The van der Waals surface area contributed by atoms with Gasteiger partial charge in [-0.15, -0.1) is 0 Å². The lowest BCUT2D eigenvalue weighted by molar-refractivity contribution is -0.123. The van der Waals surface area contributed by atoms with E-state index in [4.69, 9.17) is 4.74 Å². The van der Waals surface area contributed by atoms with Crippen molar-refractivity contribution >= 4 is 17.6 Å². The van der Waals surface area contributed by atoms with Gasteiger partial charge in [0.1, 0.15) is 5.69 Å². The summed E-state index contributed by atoms with van der Waals surface area (Å²) in [4.78, 5) is 27.2. The van der Waals surface area contributed by atoms with Gasteiger partial charge >= 0.3 is 5.97 Å². The van der Waals surface area contributed by atoms with E-state index in [2.05, 4.69) is 4.98 Å². The largest absolute Gasteiger partial charge is 0.448 e. The molecule has 0 unspecified atom stereocenters. The quantitative estimate of drug-likeness (QED) is 0.545. The van der Waals surface area contributed by atoms with E-state index in [1.807, 2.05) is 5.32 Å². The second-order valence-electron chi connectivity index (χ2n) is 6.10. The maximum atomic E-state index is 13.6. The first-order valence-corrected chi connectivity index (χ1v) is 8.07. The molecule has 2 rings (SSSR count). The highest BCUT2D eigenvalue weighted by atomic mass is 19.2. The van der Waals surface area contributed by atoms with Crippen molar-refractivity contribution in [1.29, 1.82) is 0 Å². The molecule has 1 aromatic carbocycles. The van der Waals surface area contributed by atoms with Crippen LogP contribution in [0.1, 0.15) is 47.3 Å². The van der Waals surface area contributed by atoms with E-state index in [-0.39, 0.29) is 5.69 Å². The Morgan fingerprint density at radius 2 is 1.78 bits per heavy atom. The minimum Gasteiger partial charge on any atom is -0.448 e. The molecule has 1 amide bonds. The summed E-state index contributed by atoms with van der Waals surface area (Å²) in [5.41, 5.74) is 1.09. The standard InChI is InChI=1S/C18H19F3N2O4/c1-7-13(9(3)24)8(2)22-16(7)18(26)27-10(4)17(25)23-12-6-5-11(19)14(20)15(12)21/h5-6,9-10,22,24H,1-4H3,(H,23,25)/t9-,10-/m1/s1.